The van der Waals surface area contributed by atoms with E-state index in [1.165, 1.54) is 24.5 Å². The molecule has 0 bridgehead atoms. The van der Waals surface area contributed by atoms with Gasteiger partial charge in [-0.1, -0.05) is 0 Å². The highest BCUT2D eigenvalue weighted by atomic mass is 19.1. The van der Waals surface area contributed by atoms with Crippen molar-refractivity contribution in [1.82, 2.24) is 15.0 Å². The lowest BCUT2D eigenvalue weighted by atomic mass is 9.76. The molecule has 1 aliphatic rings. The number of halogens is 1. The first-order chi connectivity index (χ1) is 14.7. The van der Waals surface area contributed by atoms with Gasteiger partial charge in [-0.25, -0.2) is 9.37 Å². The molecule has 0 amide bonds. The number of nitrogens with one attached hydrogen (secondary N) is 1. The maximum atomic E-state index is 13.8. The molecule has 0 radical (unpaired) electrons. The van der Waals surface area contributed by atoms with Gasteiger partial charge in [0.05, 0.1) is 5.52 Å². The third-order valence-corrected chi connectivity index (χ3v) is 6.25. The molecule has 30 heavy (non-hydrogen) atoms. The Labute approximate surface area is 174 Å². The number of nitrogens with zero attached hydrogens (tertiary/aromatic N) is 3. The molecular formula is C24H25FN4O. The second-order valence-corrected chi connectivity index (χ2v) is 8.40. The van der Waals surface area contributed by atoms with Crippen LogP contribution in [0.1, 0.15) is 50.5 Å². The van der Waals surface area contributed by atoms with Gasteiger partial charge in [0.25, 0.3) is 6.01 Å². The van der Waals surface area contributed by atoms with Crippen LogP contribution in [0.2, 0.25) is 0 Å². The number of fused-ring (bicyclic) bond motifs is 2. The van der Waals surface area contributed by atoms with Crippen molar-refractivity contribution in [3.63, 3.8) is 0 Å². The van der Waals surface area contributed by atoms with Crippen molar-refractivity contribution in [3.8, 4) is 0 Å². The van der Waals surface area contributed by atoms with E-state index in [9.17, 15) is 4.39 Å². The average molecular weight is 404 g/mol. The minimum Gasteiger partial charge on any atom is -0.422 e. The van der Waals surface area contributed by atoms with Gasteiger partial charge < -0.3 is 9.73 Å². The van der Waals surface area contributed by atoms with E-state index in [1.807, 2.05) is 18.3 Å². The summed E-state index contributed by atoms with van der Waals surface area (Å²) in [6.45, 7) is 2.17. The molecule has 4 aromatic rings. The van der Waals surface area contributed by atoms with Crippen molar-refractivity contribution < 1.29 is 8.81 Å². The van der Waals surface area contributed by atoms with Gasteiger partial charge in [0.1, 0.15) is 5.82 Å². The third kappa shape index (κ3) is 3.86. The summed E-state index contributed by atoms with van der Waals surface area (Å²) in [5.74, 6) is 0.941. The number of anilines is 1. The minimum absolute atomic E-state index is 0.195. The molecule has 3 heterocycles. The molecule has 3 aromatic heterocycles. The van der Waals surface area contributed by atoms with E-state index >= 15 is 0 Å². The molecule has 1 saturated carbocycles. The fourth-order valence-electron chi connectivity index (χ4n) is 4.81. The van der Waals surface area contributed by atoms with Crippen LogP contribution in [0.4, 0.5) is 10.4 Å². The van der Waals surface area contributed by atoms with Crippen LogP contribution in [0.3, 0.4) is 0 Å². The predicted octanol–water partition coefficient (Wildman–Crippen LogP) is 6.07. The SMILES string of the molecule is C[C@H](CC1CCC(c2ccnc3ccc(F)cc23)CC1)Nc1nc2ncccc2o1. The van der Waals surface area contributed by atoms with Crippen molar-refractivity contribution in [2.24, 2.45) is 5.92 Å². The third-order valence-electron chi connectivity index (χ3n) is 6.25. The molecule has 1 atom stereocenters. The molecule has 1 fully saturated rings. The van der Waals surface area contributed by atoms with E-state index in [-0.39, 0.29) is 11.9 Å². The monoisotopic (exact) mass is 404 g/mol. The molecule has 154 valence electrons. The second-order valence-electron chi connectivity index (χ2n) is 8.40. The summed E-state index contributed by atoms with van der Waals surface area (Å²) >= 11 is 0. The number of oxazole rings is 1. The first-order valence-corrected chi connectivity index (χ1v) is 10.7. The number of rotatable bonds is 5. The number of hydrogen-bond donors (Lipinski definition) is 1. The fourth-order valence-corrected chi connectivity index (χ4v) is 4.81. The zero-order valence-electron chi connectivity index (χ0n) is 17.0. The fraction of sp³-hybridized carbons (Fsp3) is 0.375. The van der Waals surface area contributed by atoms with Gasteiger partial charge in [0.2, 0.25) is 5.65 Å². The van der Waals surface area contributed by atoms with Crippen LogP contribution in [-0.4, -0.2) is 21.0 Å². The first kappa shape index (κ1) is 19.0. The average Bonchev–Trinajstić information content (AvgIpc) is 3.16. The molecule has 0 aliphatic heterocycles. The highest BCUT2D eigenvalue weighted by molar-refractivity contribution is 5.82. The van der Waals surface area contributed by atoms with E-state index in [0.717, 1.165) is 30.2 Å². The normalized spacial score (nSPS) is 20.5. The van der Waals surface area contributed by atoms with E-state index in [0.29, 0.717) is 29.1 Å². The van der Waals surface area contributed by atoms with Crippen molar-refractivity contribution in [2.75, 3.05) is 5.32 Å². The lowest BCUT2D eigenvalue weighted by molar-refractivity contribution is 0.301. The quantitative estimate of drug-likeness (QED) is 0.437. The predicted molar refractivity (Wildman–Crippen MR) is 116 cm³/mol. The molecule has 0 saturated heterocycles. The Hall–Kier alpha value is -3.02. The molecule has 5 rings (SSSR count). The van der Waals surface area contributed by atoms with Crippen LogP contribution < -0.4 is 5.32 Å². The Morgan fingerprint density at radius 3 is 2.80 bits per heavy atom. The molecule has 0 unspecified atom stereocenters. The number of hydrogen-bond acceptors (Lipinski definition) is 5. The highest BCUT2D eigenvalue weighted by Gasteiger charge is 2.25. The van der Waals surface area contributed by atoms with Gasteiger partial charge >= 0.3 is 0 Å². The standard InChI is InChI=1S/C24H25FN4O/c1-15(28-24-29-23-22(30-24)3-2-11-27-23)13-16-4-6-17(7-5-16)19-10-12-26-21-9-8-18(25)14-20(19)21/h2-3,8-12,14-17H,4-7,13H2,1H3,(H,27,28,29)/t15-,16?,17?/m1/s1. The van der Waals surface area contributed by atoms with Gasteiger partial charge in [0, 0.05) is 23.8 Å². The van der Waals surface area contributed by atoms with Gasteiger partial charge in [-0.15, -0.1) is 0 Å². The second kappa shape index (κ2) is 8.01. The van der Waals surface area contributed by atoms with Crippen molar-refractivity contribution in [2.45, 2.75) is 51.0 Å². The van der Waals surface area contributed by atoms with E-state index in [1.54, 1.807) is 18.3 Å². The Bertz CT molecular complexity index is 1130. The Kier molecular flexibility index (Phi) is 5.07. The van der Waals surface area contributed by atoms with Crippen molar-refractivity contribution >= 4 is 28.1 Å². The molecule has 1 aromatic carbocycles. The van der Waals surface area contributed by atoms with Gasteiger partial charge in [0.15, 0.2) is 5.58 Å². The molecule has 6 heteroatoms. The molecule has 1 N–H and O–H groups in total. The first-order valence-electron chi connectivity index (χ1n) is 10.7. The number of pyridine rings is 2. The summed E-state index contributed by atoms with van der Waals surface area (Å²) in [6, 6.07) is 11.5. The lowest BCUT2D eigenvalue weighted by Gasteiger charge is -2.31. The maximum absolute atomic E-state index is 13.8. The van der Waals surface area contributed by atoms with E-state index in [2.05, 4.69) is 33.3 Å². The van der Waals surface area contributed by atoms with Crippen molar-refractivity contribution in [1.29, 1.82) is 0 Å². The molecule has 0 spiro atoms. The van der Waals surface area contributed by atoms with E-state index < -0.39 is 0 Å². The van der Waals surface area contributed by atoms with Gasteiger partial charge in [-0.3, -0.25) is 4.98 Å². The van der Waals surface area contributed by atoms with Crippen LogP contribution >= 0.6 is 0 Å². The van der Waals surface area contributed by atoms with E-state index in [4.69, 9.17) is 4.42 Å². The minimum atomic E-state index is -0.195. The zero-order valence-corrected chi connectivity index (χ0v) is 17.0. The summed E-state index contributed by atoms with van der Waals surface area (Å²) in [6.07, 6.45) is 9.24. The highest BCUT2D eigenvalue weighted by Crippen LogP contribution is 2.40. The van der Waals surface area contributed by atoms with Crippen LogP contribution in [-0.2, 0) is 0 Å². The van der Waals surface area contributed by atoms with Gasteiger partial charge in [-0.05, 0) is 92.8 Å². The largest absolute Gasteiger partial charge is 0.422 e. The Morgan fingerprint density at radius 2 is 1.97 bits per heavy atom. The molecule has 1 aliphatic carbocycles. The summed E-state index contributed by atoms with van der Waals surface area (Å²) < 4.78 is 19.5. The van der Waals surface area contributed by atoms with Crippen LogP contribution in [0.15, 0.2) is 53.2 Å². The molecule has 5 nitrogen and oxygen atoms in total. The lowest BCUT2D eigenvalue weighted by Crippen LogP contribution is -2.23. The summed E-state index contributed by atoms with van der Waals surface area (Å²) in [5.41, 5.74) is 3.45. The van der Waals surface area contributed by atoms with Crippen LogP contribution in [0.25, 0.3) is 22.1 Å². The topological polar surface area (TPSA) is 63.8 Å². The number of benzene rings is 1. The van der Waals surface area contributed by atoms with Crippen LogP contribution in [0, 0.1) is 11.7 Å². The summed E-state index contributed by atoms with van der Waals surface area (Å²) in [4.78, 5) is 13.0. The maximum Gasteiger partial charge on any atom is 0.297 e. The molecular weight excluding hydrogens is 379 g/mol. The summed E-state index contributed by atoms with van der Waals surface area (Å²) in [5, 5.41) is 4.34. The zero-order chi connectivity index (χ0) is 20.5. The smallest absolute Gasteiger partial charge is 0.297 e. The van der Waals surface area contributed by atoms with Crippen LogP contribution in [0.5, 0.6) is 0 Å². The summed E-state index contributed by atoms with van der Waals surface area (Å²) in [7, 11) is 0. The number of aromatic nitrogens is 3. The Morgan fingerprint density at radius 1 is 1.10 bits per heavy atom. The van der Waals surface area contributed by atoms with Gasteiger partial charge in [-0.2, -0.15) is 4.98 Å². The Balaban J connectivity index is 1.20. The van der Waals surface area contributed by atoms with Crippen molar-refractivity contribution in [3.05, 3.63) is 60.2 Å².